The summed E-state index contributed by atoms with van der Waals surface area (Å²) in [6.45, 7) is 0. The van der Waals surface area contributed by atoms with Gasteiger partial charge in [0.2, 0.25) is 0 Å². The Bertz CT molecular complexity index is 356. The number of hydrogen-bond donors (Lipinski definition) is 1. The summed E-state index contributed by atoms with van der Waals surface area (Å²) < 4.78 is 10.6. The van der Waals surface area contributed by atoms with Crippen molar-refractivity contribution in [1.82, 2.24) is 0 Å². The molecule has 3 heteroatoms. The lowest BCUT2D eigenvalue weighted by Crippen LogP contribution is -2.31. The summed E-state index contributed by atoms with van der Waals surface area (Å²) in [5, 5.41) is 0. The topological polar surface area (TPSA) is 44.5 Å². The molecule has 0 radical (unpaired) electrons. The number of nitrogens with two attached hydrogens (primary N) is 1. The summed E-state index contributed by atoms with van der Waals surface area (Å²) in [5.41, 5.74) is 7.46. The lowest BCUT2D eigenvalue weighted by Gasteiger charge is -2.29. The van der Waals surface area contributed by atoms with Crippen LogP contribution in [0.3, 0.4) is 0 Å². The van der Waals surface area contributed by atoms with Gasteiger partial charge in [0.05, 0.1) is 14.2 Å². The van der Waals surface area contributed by atoms with Crippen LogP contribution in [0.5, 0.6) is 11.5 Å². The average Bonchev–Trinajstić information content (AvgIpc) is 2.38. The third-order valence-electron chi connectivity index (χ3n) is 3.62. The molecular weight excluding hydrogens is 214 g/mol. The van der Waals surface area contributed by atoms with Gasteiger partial charge >= 0.3 is 0 Å². The second-order valence-corrected chi connectivity index (χ2v) is 4.70. The van der Waals surface area contributed by atoms with E-state index >= 15 is 0 Å². The fraction of sp³-hybridized carbons (Fsp3) is 0.571. The summed E-state index contributed by atoms with van der Waals surface area (Å²) in [4.78, 5) is 0. The Kier molecular flexibility index (Phi) is 3.89. The van der Waals surface area contributed by atoms with Gasteiger partial charge in [0.25, 0.3) is 0 Å². The minimum absolute atomic E-state index is 0.264. The highest BCUT2D eigenvalue weighted by molar-refractivity contribution is 5.40. The number of methoxy groups -OCH3 is 2. The summed E-state index contributed by atoms with van der Waals surface area (Å²) in [6, 6.07) is 6.33. The van der Waals surface area contributed by atoms with Gasteiger partial charge in [-0.2, -0.15) is 0 Å². The van der Waals surface area contributed by atoms with Gasteiger partial charge in [0.1, 0.15) is 11.5 Å². The van der Waals surface area contributed by atoms with Gasteiger partial charge in [-0.05, 0) is 36.5 Å². The standard InChI is InChI=1S/C14H21NO2/c1-16-11-7-10(8-12(9-11)17-2)13-5-3-4-6-14(13)15/h7-9,13-14H,3-6,15H2,1-2H3. The molecule has 0 saturated heterocycles. The molecule has 0 amide bonds. The highest BCUT2D eigenvalue weighted by Crippen LogP contribution is 2.35. The van der Waals surface area contributed by atoms with Crippen LogP contribution >= 0.6 is 0 Å². The zero-order chi connectivity index (χ0) is 12.3. The normalized spacial score (nSPS) is 24.4. The van der Waals surface area contributed by atoms with E-state index in [1.165, 1.54) is 18.4 Å². The molecule has 0 spiro atoms. The lowest BCUT2D eigenvalue weighted by molar-refractivity contribution is 0.373. The maximum Gasteiger partial charge on any atom is 0.122 e. The lowest BCUT2D eigenvalue weighted by atomic mass is 9.80. The van der Waals surface area contributed by atoms with E-state index in [1.807, 2.05) is 6.07 Å². The van der Waals surface area contributed by atoms with Crippen molar-refractivity contribution in [1.29, 1.82) is 0 Å². The van der Waals surface area contributed by atoms with Crippen molar-refractivity contribution in [3.8, 4) is 11.5 Å². The third-order valence-corrected chi connectivity index (χ3v) is 3.62. The van der Waals surface area contributed by atoms with E-state index in [-0.39, 0.29) is 6.04 Å². The van der Waals surface area contributed by atoms with Gasteiger partial charge in [-0.3, -0.25) is 0 Å². The molecule has 0 aromatic heterocycles. The molecule has 17 heavy (non-hydrogen) atoms. The molecule has 1 aromatic rings. The fourth-order valence-corrected chi connectivity index (χ4v) is 2.62. The molecular formula is C14H21NO2. The summed E-state index contributed by atoms with van der Waals surface area (Å²) in [5.74, 6) is 2.13. The Morgan fingerprint density at radius 3 is 2.12 bits per heavy atom. The second kappa shape index (κ2) is 5.41. The molecule has 1 fully saturated rings. The van der Waals surface area contributed by atoms with Crippen LogP contribution in [0, 0.1) is 0 Å². The largest absolute Gasteiger partial charge is 0.497 e. The van der Waals surface area contributed by atoms with Crippen molar-refractivity contribution in [3.63, 3.8) is 0 Å². The first-order valence-corrected chi connectivity index (χ1v) is 6.23. The van der Waals surface area contributed by atoms with E-state index < -0.39 is 0 Å². The molecule has 1 aromatic carbocycles. The maximum atomic E-state index is 6.21. The summed E-state index contributed by atoms with van der Waals surface area (Å²) >= 11 is 0. The third kappa shape index (κ3) is 2.72. The van der Waals surface area contributed by atoms with Crippen molar-refractivity contribution >= 4 is 0 Å². The second-order valence-electron chi connectivity index (χ2n) is 4.70. The van der Waals surface area contributed by atoms with Gasteiger partial charge in [-0.1, -0.05) is 12.8 Å². The van der Waals surface area contributed by atoms with E-state index in [4.69, 9.17) is 15.2 Å². The van der Waals surface area contributed by atoms with Gasteiger partial charge in [0, 0.05) is 12.1 Å². The molecule has 1 saturated carbocycles. The summed E-state index contributed by atoms with van der Waals surface area (Å²) in [7, 11) is 3.36. The SMILES string of the molecule is COc1cc(OC)cc(C2CCCCC2N)c1. The first-order chi connectivity index (χ1) is 8.24. The molecule has 1 aliphatic rings. The smallest absolute Gasteiger partial charge is 0.122 e. The highest BCUT2D eigenvalue weighted by Gasteiger charge is 2.24. The Morgan fingerprint density at radius 2 is 1.59 bits per heavy atom. The highest BCUT2D eigenvalue weighted by atomic mass is 16.5. The number of rotatable bonds is 3. The minimum Gasteiger partial charge on any atom is -0.497 e. The maximum absolute atomic E-state index is 6.21. The first-order valence-electron chi connectivity index (χ1n) is 6.23. The Balaban J connectivity index is 2.29. The van der Waals surface area contributed by atoms with Crippen LogP contribution in [0.4, 0.5) is 0 Å². The van der Waals surface area contributed by atoms with Gasteiger partial charge in [0.15, 0.2) is 0 Å². The van der Waals surface area contributed by atoms with Crippen LogP contribution in [0.1, 0.15) is 37.2 Å². The Hall–Kier alpha value is -1.22. The van der Waals surface area contributed by atoms with Crippen LogP contribution in [-0.2, 0) is 0 Å². The van der Waals surface area contributed by atoms with Crippen LogP contribution in [0.2, 0.25) is 0 Å². The number of hydrogen-bond acceptors (Lipinski definition) is 3. The molecule has 2 atom stereocenters. The quantitative estimate of drug-likeness (QED) is 0.876. The molecule has 0 bridgehead atoms. The van der Waals surface area contributed by atoms with Crippen LogP contribution in [0.15, 0.2) is 18.2 Å². The number of benzene rings is 1. The van der Waals surface area contributed by atoms with Gasteiger partial charge < -0.3 is 15.2 Å². The fourth-order valence-electron chi connectivity index (χ4n) is 2.62. The zero-order valence-electron chi connectivity index (χ0n) is 10.6. The van der Waals surface area contributed by atoms with E-state index in [0.29, 0.717) is 5.92 Å². The van der Waals surface area contributed by atoms with Crippen molar-refractivity contribution in [3.05, 3.63) is 23.8 Å². The minimum atomic E-state index is 0.264. The van der Waals surface area contributed by atoms with Crippen LogP contribution in [0.25, 0.3) is 0 Å². The molecule has 0 heterocycles. The predicted molar refractivity (Wildman–Crippen MR) is 68.7 cm³/mol. The Morgan fingerprint density at radius 1 is 1.00 bits per heavy atom. The first kappa shape index (κ1) is 12.2. The Labute approximate surface area is 103 Å². The van der Waals surface area contributed by atoms with Crippen molar-refractivity contribution in [2.75, 3.05) is 14.2 Å². The van der Waals surface area contributed by atoms with E-state index in [1.54, 1.807) is 14.2 Å². The molecule has 94 valence electrons. The molecule has 3 nitrogen and oxygen atoms in total. The molecule has 2 rings (SSSR count). The summed E-state index contributed by atoms with van der Waals surface area (Å²) in [6.07, 6.45) is 4.79. The van der Waals surface area contributed by atoms with E-state index in [0.717, 1.165) is 24.3 Å². The van der Waals surface area contributed by atoms with Crippen molar-refractivity contribution in [2.45, 2.75) is 37.6 Å². The van der Waals surface area contributed by atoms with Crippen LogP contribution in [-0.4, -0.2) is 20.3 Å². The van der Waals surface area contributed by atoms with Gasteiger partial charge in [-0.15, -0.1) is 0 Å². The van der Waals surface area contributed by atoms with Crippen molar-refractivity contribution in [2.24, 2.45) is 5.73 Å². The zero-order valence-corrected chi connectivity index (χ0v) is 10.6. The van der Waals surface area contributed by atoms with Gasteiger partial charge in [-0.25, -0.2) is 0 Å². The van der Waals surface area contributed by atoms with E-state index in [9.17, 15) is 0 Å². The molecule has 2 unspecified atom stereocenters. The monoisotopic (exact) mass is 235 g/mol. The number of ether oxygens (including phenoxy) is 2. The molecule has 1 aliphatic carbocycles. The van der Waals surface area contributed by atoms with Crippen LogP contribution < -0.4 is 15.2 Å². The van der Waals surface area contributed by atoms with Crippen molar-refractivity contribution < 1.29 is 9.47 Å². The predicted octanol–water partition coefficient (Wildman–Crippen LogP) is 2.69. The molecule has 0 aliphatic heterocycles. The van der Waals surface area contributed by atoms with E-state index in [2.05, 4.69) is 12.1 Å². The average molecular weight is 235 g/mol. The molecule has 2 N–H and O–H groups in total.